The van der Waals surface area contributed by atoms with Crippen molar-refractivity contribution in [3.8, 4) is 5.75 Å². The molecule has 1 aliphatic rings. The summed E-state index contributed by atoms with van der Waals surface area (Å²) in [5.74, 6) is 0.494. The van der Waals surface area contributed by atoms with Crippen LogP contribution in [0.1, 0.15) is 48.0 Å². The number of aliphatic hydroxyl groups is 1. The summed E-state index contributed by atoms with van der Waals surface area (Å²) in [7, 11) is 1.54. The number of rotatable bonds is 4. The van der Waals surface area contributed by atoms with Gasteiger partial charge in [-0.1, -0.05) is 25.3 Å². The topological polar surface area (TPSA) is 58.6 Å². The zero-order valence-corrected chi connectivity index (χ0v) is 11.3. The molecule has 0 bridgehead atoms. The largest absolute Gasteiger partial charge is 0.496 e. The van der Waals surface area contributed by atoms with E-state index in [9.17, 15) is 4.79 Å². The average Bonchev–Trinajstić information content (AvgIpc) is 2.47. The summed E-state index contributed by atoms with van der Waals surface area (Å²) in [5, 5.41) is 12.2. The van der Waals surface area contributed by atoms with Gasteiger partial charge in [-0.3, -0.25) is 4.79 Å². The Hall–Kier alpha value is -1.55. The fourth-order valence-corrected chi connectivity index (χ4v) is 2.53. The van der Waals surface area contributed by atoms with Crippen molar-refractivity contribution in [2.75, 3.05) is 7.11 Å². The molecule has 0 aromatic heterocycles. The van der Waals surface area contributed by atoms with Gasteiger partial charge in [0, 0.05) is 17.2 Å². The third kappa shape index (κ3) is 3.47. The minimum atomic E-state index is -0.0896. The molecule has 4 nitrogen and oxygen atoms in total. The van der Waals surface area contributed by atoms with E-state index < -0.39 is 0 Å². The Balaban J connectivity index is 2.05. The summed E-state index contributed by atoms with van der Waals surface area (Å²) in [4.78, 5) is 12.2. The van der Waals surface area contributed by atoms with Crippen molar-refractivity contribution in [2.45, 2.75) is 44.8 Å². The number of hydrogen-bond donors (Lipinski definition) is 2. The highest BCUT2D eigenvalue weighted by Crippen LogP contribution is 2.21. The van der Waals surface area contributed by atoms with E-state index >= 15 is 0 Å². The van der Waals surface area contributed by atoms with Gasteiger partial charge in [-0.15, -0.1) is 0 Å². The van der Waals surface area contributed by atoms with Gasteiger partial charge in [-0.2, -0.15) is 0 Å². The minimum Gasteiger partial charge on any atom is -0.496 e. The zero-order chi connectivity index (χ0) is 13.7. The van der Waals surface area contributed by atoms with Gasteiger partial charge < -0.3 is 15.2 Å². The highest BCUT2D eigenvalue weighted by molar-refractivity contribution is 5.94. The summed E-state index contributed by atoms with van der Waals surface area (Å²) in [6.45, 7) is -0.0896. The van der Waals surface area contributed by atoms with Crippen molar-refractivity contribution in [3.63, 3.8) is 0 Å². The summed E-state index contributed by atoms with van der Waals surface area (Å²) in [6.07, 6.45) is 5.79. The van der Waals surface area contributed by atoms with Gasteiger partial charge >= 0.3 is 0 Å². The van der Waals surface area contributed by atoms with Gasteiger partial charge in [0.1, 0.15) is 5.75 Å². The number of ether oxygens (including phenoxy) is 1. The van der Waals surface area contributed by atoms with Crippen LogP contribution in [-0.2, 0) is 6.61 Å². The molecule has 0 radical (unpaired) electrons. The van der Waals surface area contributed by atoms with E-state index in [4.69, 9.17) is 9.84 Å². The smallest absolute Gasteiger partial charge is 0.251 e. The lowest BCUT2D eigenvalue weighted by Crippen LogP contribution is -2.36. The third-order valence-corrected chi connectivity index (χ3v) is 3.66. The predicted molar refractivity (Wildman–Crippen MR) is 73.3 cm³/mol. The molecule has 1 aromatic carbocycles. The second-order valence-corrected chi connectivity index (χ2v) is 4.99. The van der Waals surface area contributed by atoms with Crippen LogP contribution in [0.25, 0.3) is 0 Å². The third-order valence-electron chi connectivity index (χ3n) is 3.66. The molecule has 0 heterocycles. The minimum absolute atomic E-state index is 0.0605. The maximum atomic E-state index is 12.2. The van der Waals surface area contributed by atoms with Crippen molar-refractivity contribution < 1.29 is 14.6 Å². The van der Waals surface area contributed by atoms with E-state index in [1.807, 2.05) is 0 Å². The number of methoxy groups -OCH3 is 1. The van der Waals surface area contributed by atoms with Crippen LogP contribution in [0.3, 0.4) is 0 Å². The first kappa shape index (κ1) is 13.9. The van der Waals surface area contributed by atoms with E-state index in [1.54, 1.807) is 18.2 Å². The summed E-state index contributed by atoms with van der Waals surface area (Å²) >= 11 is 0. The van der Waals surface area contributed by atoms with Crippen LogP contribution in [0, 0.1) is 0 Å². The van der Waals surface area contributed by atoms with Crippen molar-refractivity contribution in [1.82, 2.24) is 5.32 Å². The molecule has 1 aliphatic carbocycles. The number of aliphatic hydroxyl groups excluding tert-OH is 1. The molecule has 1 amide bonds. The highest BCUT2D eigenvalue weighted by Gasteiger charge is 2.17. The highest BCUT2D eigenvalue weighted by atomic mass is 16.5. The maximum absolute atomic E-state index is 12.2. The predicted octanol–water partition coefficient (Wildman–Crippen LogP) is 2.25. The summed E-state index contributed by atoms with van der Waals surface area (Å²) < 4.78 is 5.18. The van der Waals surface area contributed by atoms with E-state index in [0.717, 1.165) is 12.8 Å². The number of benzene rings is 1. The Morgan fingerprint density at radius 2 is 2.11 bits per heavy atom. The molecule has 0 spiro atoms. The van der Waals surface area contributed by atoms with Crippen LogP contribution in [-0.4, -0.2) is 24.2 Å². The molecule has 0 unspecified atom stereocenters. The first-order chi connectivity index (χ1) is 9.24. The molecule has 1 aromatic rings. The van der Waals surface area contributed by atoms with Crippen LogP contribution in [0.4, 0.5) is 0 Å². The fourth-order valence-electron chi connectivity index (χ4n) is 2.53. The Bertz CT molecular complexity index is 439. The van der Waals surface area contributed by atoms with E-state index in [0.29, 0.717) is 22.9 Å². The zero-order valence-electron chi connectivity index (χ0n) is 11.3. The number of nitrogens with one attached hydrogen (secondary N) is 1. The lowest BCUT2D eigenvalue weighted by Gasteiger charge is -2.22. The Labute approximate surface area is 113 Å². The second-order valence-electron chi connectivity index (χ2n) is 4.99. The molecule has 2 N–H and O–H groups in total. The molecule has 104 valence electrons. The fraction of sp³-hybridized carbons (Fsp3) is 0.533. The number of carbonyl (C=O) groups is 1. The molecule has 0 saturated heterocycles. The number of hydrogen-bond acceptors (Lipinski definition) is 3. The van der Waals surface area contributed by atoms with E-state index in [-0.39, 0.29) is 12.5 Å². The van der Waals surface area contributed by atoms with Crippen LogP contribution in [0.15, 0.2) is 18.2 Å². The number of carbonyl (C=O) groups excluding carboxylic acids is 1. The molecule has 19 heavy (non-hydrogen) atoms. The Morgan fingerprint density at radius 1 is 1.37 bits per heavy atom. The molecular formula is C15H21NO3. The molecule has 2 rings (SSSR count). The average molecular weight is 263 g/mol. The molecule has 1 fully saturated rings. The molecule has 1 saturated carbocycles. The number of amides is 1. The standard InChI is InChI=1S/C15H21NO3/c1-19-14-9-11(7-8-12(14)10-17)15(18)16-13-5-3-2-4-6-13/h7-9,13,17H,2-6,10H2,1H3,(H,16,18). The molecular weight excluding hydrogens is 242 g/mol. The first-order valence-electron chi connectivity index (χ1n) is 6.83. The van der Waals surface area contributed by atoms with E-state index in [2.05, 4.69) is 5.32 Å². The van der Waals surface area contributed by atoms with Crippen molar-refractivity contribution in [2.24, 2.45) is 0 Å². The van der Waals surface area contributed by atoms with Gasteiger partial charge in [-0.25, -0.2) is 0 Å². The van der Waals surface area contributed by atoms with Crippen molar-refractivity contribution in [1.29, 1.82) is 0 Å². The molecule has 0 atom stereocenters. The molecule has 0 aliphatic heterocycles. The monoisotopic (exact) mass is 263 g/mol. The Morgan fingerprint density at radius 3 is 2.74 bits per heavy atom. The summed E-state index contributed by atoms with van der Waals surface area (Å²) in [5.41, 5.74) is 1.27. The van der Waals surface area contributed by atoms with Gasteiger partial charge in [0.05, 0.1) is 13.7 Å². The van der Waals surface area contributed by atoms with Gasteiger partial charge in [-0.05, 0) is 25.0 Å². The molecule has 4 heteroatoms. The van der Waals surface area contributed by atoms with E-state index in [1.165, 1.54) is 26.4 Å². The van der Waals surface area contributed by atoms with Crippen molar-refractivity contribution in [3.05, 3.63) is 29.3 Å². The van der Waals surface area contributed by atoms with Crippen LogP contribution in [0.2, 0.25) is 0 Å². The van der Waals surface area contributed by atoms with Gasteiger partial charge in [0.25, 0.3) is 5.91 Å². The lowest BCUT2D eigenvalue weighted by molar-refractivity contribution is 0.0927. The lowest BCUT2D eigenvalue weighted by atomic mass is 9.95. The SMILES string of the molecule is COc1cc(C(=O)NC2CCCCC2)ccc1CO. The van der Waals surface area contributed by atoms with Gasteiger partial charge in [0.15, 0.2) is 0 Å². The van der Waals surface area contributed by atoms with Crippen LogP contribution in [0.5, 0.6) is 5.75 Å². The Kier molecular flexibility index (Phi) is 4.80. The second kappa shape index (κ2) is 6.57. The van der Waals surface area contributed by atoms with Gasteiger partial charge in [0.2, 0.25) is 0 Å². The quantitative estimate of drug-likeness (QED) is 0.876. The maximum Gasteiger partial charge on any atom is 0.251 e. The normalized spacial score (nSPS) is 16.1. The van der Waals surface area contributed by atoms with Crippen LogP contribution < -0.4 is 10.1 Å². The first-order valence-corrected chi connectivity index (χ1v) is 6.83. The van der Waals surface area contributed by atoms with Crippen LogP contribution >= 0.6 is 0 Å². The summed E-state index contributed by atoms with van der Waals surface area (Å²) in [6, 6.07) is 5.44. The van der Waals surface area contributed by atoms with Crippen molar-refractivity contribution >= 4 is 5.91 Å².